The van der Waals surface area contributed by atoms with E-state index in [9.17, 15) is 14.4 Å². The molecular weight excluding hydrogens is 446 g/mol. The number of hydrogen-bond acceptors (Lipinski definition) is 5. The van der Waals surface area contributed by atoms with Crippen molar-refractivity contribution >= 4 is 18.0 Å². The second-order valence-corrected chi connectivity index (χ2v) is 9.13. The Bertz CT molecular complexity index is 978. The summed E-state index contributed by atoms with van der Waals surface area (Å²) in [5.41, 5.74) is 4.58. The molecule has 1 aliphatic rings. The number of likely N-dealkylation sites (N-methyl/N-ethyl adjacent to an activating group) is 1. The molecule has 0 bridgehead atoms. The van der Waals surface area contributed by atoms with Crippen molar-refractivity contribution < 1.29 is 24.2 Å². The second kappa shape index (κ2) is 12.9. The van der Waals surface area contributed by atoms with Crippen LogP contribution in [-0.4, -0.2) is 67.8 Å². The molecule has 1 aliphatic carbocycles. The molecule has 2 amide bonds. The fourth-order valence-electron chi connectivity index (χ4n) is 4.43. The number of ether oxygens (including phenoxy) is 1. The zero-order chi connectivity index (χ0) is 25.2. The van der Waals surface area contributed by atoms with Crippen molar-refractivity contribution in [1.82, 2.24) is 15.5 Å². The molecule has 0 heterocycles. The van der Waals surface area contributed by atoms with Gasteiger partial charge in [-0.1, -0.05) is 61.4 Å². The van der Waals surface area contributed by atoms with Gasteiger partial charge in [-0.05, 0) is 49.2 Å². The summed E-state index contributed by atoms with van der Waals surface area (Å²) in [4.78, 5) is 37.7. The number of hydrogen-bond donors (Lipinski definition) is 3. The molecule has 0 saturated heterocycles. The van der Waals surface area contributed by atoms with Crippen LogP contribution in [0.4, 0.5) is 4.79 Å². The number of rotatable bonds is 13. The Labute approximate surface area is 206 Å². The fraction of sp³-hybridized carbons (Fsp3) is 0.444. The number of nitrogens with one attached hydrogen (secondary N) is 2. The third kappa shape index (κ3) is 7.55. The molecule has 2 aromatic rings. The number of aliphatic carboxylic acids is 1. The molecule has 2 aromatic carbocycles. The van der Waals surface area contributed by atoms with Crippen molar-refractivity contribution in [2.24, 2.45) is 0 Å². The van der Waals surface area contributed by atoms with Crippen LogP contribution in [0, 0.1) is 0 Å². The van der Waals surface area contributed by atoms with E-state index in [4.69, 9.17) is 9.84 Å². The molecule has 1 atom stereocenters. The lowest BCUT2D eigenvalue weighted by molar-refractivity contribution is -0.137. The summed E-state index contributed by atoms with van der Waals surface area (Å²) in [6, 6.07) is 15.5. The molecule has 35 heavy (non-hydrogen) atoms. The molecule has 8 heteroatoms. The maximum Gasteiger partial charge on any atom is 0.407 e. The number of carbonyl (C=O) groups excluding carboxylic acids is 2. The normalized spacial score (nSPS) is 13.1. The lowest BCUT2D eigenvalue weighted by Crippen LogP contribution is -2.52. The number of fused-ring (bicyclic) bond motifs is 3. The van der Waals surface area contributed by atoms with Crippen LogP contribution >= 0.6 is 0 Å². The summed E-state index contributed by atoms with van der Waals surface area (Å²) in [5.74, 6) is -1.10. The molecule has 8 nitrogen and oxygen atoms in total. The maximum atomic E-state index is 12.7. The molecule has 0 aromatic heterocycles. The van der Waals surface area contributed by atoms with Crippen LogP contribution in [0.2, 0.25) is 0 Å². The van der Waals surface area contributed by atoms with E-state index in [0.717, 1.165) is 41.5 Å². The van der Waals surface area contributed by atoms with Gasteiger partial charge in [0.2, 0.25) is 5.91 Å². The van der Waals surface area contributed by atoms with Gasteiger partial charge in [-0.15, -0.1) is 0 Å². The third-order valence-corrected chi connectivity index (χ3v) is 6.12. The second-order valence-electron chi connectivity index (χ2n) is 9.13. The van der Waals surface area contributed by atoms with Crippen molar-refractivity contribution in [2.45, 2.75) is 44.1 Å². The minimum atomic E-state index is -0.788. The van der Waals surface area contributed by atoms with Gasteiger partial charge in [-0.25, -0.2) is 4.79 Å². The number of alkyl carbamates (subject to hydrolysis) is 1. The first kappa shape index (κ1) is 26.2. The largest absolute Gasteiger partial charge is 0.481 e. The van der Waals surface area contributed by atoms with E-state index in [1.165, 1.54) is 0 Å². The Balaban J connectivity index is 1.50. The van der Waals surface area contributed by atoms with Gasteiger partial charge >= 0.3 is 12.1 Å². The Morgan fingerprint density at radius 2 is 1.54 bits per heavy atom. The van der Waals surface area contributed by atoms with Crippen LogP contribution in [0.15, 0.2) is 48.5 Å². The number of carboxylic acids is 1. The predicted octanol–water partition coefficient (Wildman–Crippen LogP) is 3.61. The average Bonchev–Trinajstić information content (AvgIpc) is 3.15. The van der Waals surface area contributed by atoms with Crippen LogP contribution in [0.5, 0.6) is 0 Å². The minimum Gasteiger partial charge on any atom is -0.481 e. The van der Waals surface area contributed by atoms with Gasteiger partial charge in [-0.3, -0.25) is 9.59 Å². The van der Waals surface area contributed by atoms with E-state index in [0.29, 0.717) is 19.5 Å². The van der Waals surface area contributed by atoms with E-state index >= 15 is 0 Å². The maximum absolute atomic E-state index is 12.7. The Morgan fingerprint density at radius 3 is 2.14 bits per heavy atom. The van der Waals surface area contributed by atoms with Crippen molar-refractivity contribution in [3.63, 3.8) is 0 Å². The van der Waals surface area contributed by atoms with E-state index < -0.39 is 18.1 Å². The molecule has 0 aliphatic heterocycles. The molecule has 0 radical (unpaired) electrons. The monoisotopic (exact) mass is 481 g/mol. The van der Waals surface area contributed by atoms with E-state index in [-0.39, 0.29) is 24.9 Å². The van der Waals surface area contributed by atoms with Crippen molar-refractivity contribution in [3.05, 3.63) is 59.7 Å². The molecule has 0 unspecified atom stereocenters. The lowest BCUT2D eigenvalue weighted by atomic mass is 9.98. The first-order valence-electron chi connectivity index (χ1n) is 12.1. The molecule has 188 valence electrons. The van der Waals surface area contributed by atoms with Gasteiger partial charge in [0.15, 0.2) is 0 Å². The van der Waals surface area contributed by atoms with Crippen LogP contribution in [0.1, 0.15) is 49.1 Å². The summed E-state index contributed by atoms with van der Waals surface area (Å²) in [5, 5.41) is 14.3. The highest BCUT2D eigenvalue weighted by molar-refractivity contribution is 5.86. The number of amides is 2. The molecule has 3 N–H and O–H groups in total. The number of carbonyl (C=O) groups is 3. The third-order valence-electron chi connectivity index (χ3n) is 6.12. The van der Waals surface area contributed by atoms with Gasteiger partial charge < -0.3 is 25.4 Å². The van der Waals surface area contributed by atoms with Crippen molar-refractivity contribution in [1.29, 1.82) is 0 Å². The van der Waals surface area contributed by atoms with Crippen LogP contribution in [0.25, 0.3) is 11.1 Å². The van der Waals surface area contributed by atoms with Gasteiger partial charge in [0, 0.05) is 25.4 Å². The van der Waals surface area contributed by atoms with Gasteiger partial charge in [0.25, 0.3) is 0 Å². The Hall–Kier alpha value is -3.39. The highest BCUT2D eigenvalue weighted by atomic mass is 16.5. The molecular formula is C27H35N3O5. The first-order valence-corrected chi connectivity index (χ1v) is 12.1. The predicted molar refractivity (Wildman–Crippen MR) is 134 cm³/mol. The number of carboxylic acid groups (broad SMARTS) is 1. The Kier molecular flexibility index (Phi) is 9.66. The topological polar surface area (TPSA) is 108 Å². The number of benzene rings is 2. The highest BCUT2D eigenvalue weighted by Crippen LogP contribution is 2.44. The number of nitrogens with zero attached hydrogens (tertiary/aromatic N) is 1. The minimum absolute atomic E-state index is 0.0459. The fourth-order valence-corrected chi connectivity index (χ4v) is 4.43. The molecule has 0 fully saturated rings. The van der Waals surface area contributed by atoms with E-state index in [1.54, 1.807) is 0 Å². The quantitative estimate of drug-likeness (QED) is 0.377. The van der Waals surface area contributed by atoms with E-state index in [1.807, 2.05) is 43.3 Å². The summed E-state index contributed by atoms with van der Waals surface area (Å²) < 4.78 is 5.59. The summed E-state index contributed by atoms with van der Waals surface area (Å²) in [7, 11) is 3.67. The van der Waals surface area contributed by atoms with Crippen molar-refractivity contribution in [3.8, 4) is 11.1 Å². The van der Waals surface area contributed by atoms with Crippen LogP contribution in [0.3, 0.4) is 0 Å². The van der Waals surface area contributed by atoms with Crippen molar-refractivity contribution in [2.75, 3.05) is 33.8 Å². The average molecular weight is 482 g/mol. The van der Waals surface area contributed by atoms with Gasteiger partial charge in [0.05, 0.1) is 0 Å². The van der Waals surface area contributed by atoms with E-state index in [2.05, 4.69) is 34.9 Å². The standard InChI is InChI=1S/C27H35N3O5/c1-30(2)17-24(26(33)28-16-10-4-3-5-15-25(31)32)29-27(34)35-18-23-21-13-8-6-11-19(21)20-12-7-9-14-22(20)23/h6-9,11-14,23-24H,3-5,10,15-18H2,1-2H3,(H,28,33)(H,29,34)(H,31,32)/t24-/m0/s1. The zero-order valence-corrected chi connectivity index (χ0v) is 20.5. The number of unbranched alkanes of at least 4 members (excludes halogenated alkanes) is 3. The first-order chi connectivity index (χ1) is 16.9. The summed E-state index contributed by atoms with van der Waals surface area (Å²) in [6.45, 7) is 1.00. The van der Waals surface area contributed by atoms with Gasteiger partial charge in [0.1, 0.15) is 12.6 Å². The Morgan fingerprint density at radius 1 is 0.943 bits per heavy atom. The summed E-state index contributed by atoms with van der Waals surface area (Å²) in [6.07, 6.45) is 2.58. The summed E-state index contributed by atoms with van der Waals surface area (Å²) >= 11 is 0. The van der Waals surface area contributed by atoms with Crippen LogP contribution in [-0.2, 0) is 14.3 Å². The zero-order valence-electron chi connectivity index (χ0n) is 20.5. The molecule has 0 spiro atoms. The molecule has 3 rings (SSSR count). The van der Waals surface area contributed by atoms with Crippen LogP contribution < -0.4 is 10.6 Å². The SMILES string of the molecule is CN(C)C[C@H](NC(=O)OCC1c2ccccc2-c2ccccc21)C(=O)NCCCCCCC(=O)O. The smallest absolute Gasteiger partial charge is 0.407 e. The van der Waals surface area contributed by atoms with Gasteiger partial charge in [-0.2, -0.15) is 0 Å². The highest BCUT2D eigenvalue weighted by Gasteiger charge is 2.29. The molecule has 0 saturated carbocycles. The lowest BCUT2D eigenvalue weighted by Gasteiger charge is -2.22.